The van der Waals surface area contributed by atoms with Crippen molar-refractivity contribution in [3.8, 4) is 0 Å². The van der Waals surface area contributed by atoms with E-state index >= 15 is 0 Å². The SMILES string of the molecule is COCc1nc2nc(C34COC(C)(C3)C4)cn2cc1C(=O)Nc1ccn(C)n1. The summed E-state index contributed by atoms with van der Waals surface area (Å²) in [6.45, 7) is 3.05. The Bertz CT molecular complexity index is 1080. The van der Waals surface area contributed by atoms with Crippen LogP contribution in [0.5, 0.6) is 0 Å². The average molecular weight is 382 g/mol. The van der Waals surface area contributed by atoms with Gasteiger partial charge in [0.2, 0.25) is 5.78 Å². The number of rotatable bonds is 5. The highest BCUT2D eigenvalue weighted by Gasteiger charge is 2.61. The van der Waals surface area contributed by atoms with E-state index in [0.29, 0.717) is 29.5 Å². The summed E-state index contributed by atoms with van der Waals surface area (Å²) in [7, 11) is 3.37. The third kappa shape index (κ3) is 2.61. The molecule has 3 aromatic heterocycles. The highest BCUT2D eigenvalue weighted by atomic mass is 16.5. The van der Waals surface area contributed by atoms with Crippen LogP contribution in [-0.4, -0.2) is 49.4 Å². The molecule has 1 amide bonds. The molecule has 2 saturated heterocycles. The lowest BCUT2D eigenvalue weighted by Crippen LogP contribution is -2.45. The topological polar surface area (TPSA) is 95.6 Å². The van der Waals surface area contributed by atoms with Gasteiger partial charge in [-0.15, -0.1) is 0 Å². The zero-order valence-corrected chi connectivity index (χ0v) is 16.1. The molecule has 146 valence electrons. The summed E-state index contributed by atoms with van der Waals surface area (Å²) in [4.78, 5) is 22.2. The summed E-state index contributed by atoms with van der Waals surface area (Å²) < 4.78 is 14.6. The normalized spacial score (nSPS) is 25.8. The maximum Gasteiger partial charge on any atom is 0.260 e. The molecule has 3 aliphatic rings. The van der Waals surface area contributed by atoms with Gasteiger partial charge >= 0.3 is 0 Å². The summed E-state index contributed by atoms with van der Waals surface area (Å²) >= 11 is 0. The minimum absolute atomic E-state index is 0.0157. The highest BCUT2D eigenvalue weighted by Crippen LogP contribution is 2.58. The number of methoxy groups -OCH3 is 1. The Morgan fingerprint density at radius 3 is 2.82 bits per heavy atom. The van der Waals surface area contributed by atoms with Gasteiger partial charge in [0, 0.05) is 44.2 Å². The Morgan fingerprint density at radius 2 is 2.18 bits per heavy atom. The maximum atomic E-state index is 12.8. The fourth-order valence-corrected chi connectivity index (χ4v) is 4.46. The number of aromatic nitrogens is 5. The molecular formula is C19H22N6O3. The molecule has 5 heterocycles. The van der Waals surface area contributed by atoms with Gasteiger partial charge in [0.05, 0.1) is 35.8 Å². The number of hydrogen-bond donors (Lipinski definition) is 1. The van der Waals surface area contributed by atoms with Crippen LogP contribution in [0.3, 0.4) is 0 Å². The molecule has 0 aromatic carbocycles. The van der Waals surface area contributed by atoms with Crippen molar-refractivity contribution in [2.24, 2.45) is 7.05 Å². The van der Waals surface area contributed by atoms with Crippen molar-refractivity contribution >= 4 is 17.5 Å². The number of fused-ring (bicyclic) bond motifs is 2. The van der Waals surface area contributed by atoms with E-state index in [1.165, 1.54) is 0 Å². The van der Waals surface area contributed by atoms with Gasteiger partial charge in [-0.25, -0.2) is 9.97 Å². The Morgan fingerprint density at radius 1 is 1.36 bits per heavy atom. The molecule has 0 unspecified atom stereocenters. The van der Waals surface area contributed by atoms with Crippen LogP contribution in [0.4, 0.5) is 5.82 Å². The van der Waals surface area contributed by atoms with Crippen LogP contribution in [0.1, 0.15) is 41.5 Å². The number of carbonyl (C=O) groups is 1. The van der Waals surface area contributed by atoms with Gasteiger partial charge in [-0.3, -0.25) is 13.9 Å². The molecule has 3 aromatic rings. The van der Waals surface area contributed by atoms with E-state index in [9.17, 15) is 4.79 Å². The van der Waals surface area contributed by atoms with Gasteiger partial charge in [0.1, 0.15) is 0 Å². The smallest absolute Gasteiger partial charge is 0.260 e. The molecule has 2 aliphatic heterocycles. The van der Waals surface area contributed by atoms with Crippen LogP contribution in [0.15, 0.2) is 24.7 Å². The number of carbonyl (C=O) groups excluding carboxylic acids is 1. The summed E-state index contributed by atoms with van der Waals surface area (Å²) in [5, 5.41) is 7.00. The van der Waals surface area contributed by atoms with Crippen LogP contribution >= 0.6 is 0 Å². The first-order chi connectivity index (χ1) is 13.4. The second-order valence-corrected chi connectivity index (χ2v) is 8.07. The van der Waals surface area contributed by atoms with Crippen LogP contribution in [-0.2, 0) is 28.5 Å². The van der Waals surface area contributed by atoms with Crippen molar-refractivity contribution in [1.29, 1.82) is 0 Å². The number of aryl methyl sites for hydroxylation is 1. The zero-order chi connectivity index (χ0) is 19.5. The second-order valence-electron chi connectivity index (χ2n) is 8.07. The largest absolute Gasteiger partial charge is 0.378 e. The van der Waals surface area contributed by atoms with Gasteiger partial charge in [0.15, 0.2) is 5.82 Å². The predicted molar refractivity (Wildman–Crippen MR) is 100 cm³/mol. The molecule has 0 spiro atoms. The number of nitrogens with one attached hydrogen (secondary N) is 1. The van der Waals surface area contributed by atoms with Gasteiger partial charge in [-0.1, -0.05) is 0 Å². The van der Waals surface area contributed by atoms with Crippen molar-refractivity contribution in [2.45, 2.75) is 37.4 Å². The number of nitrogens with zero attached hydrogens (tertiary/aromatic N) is 5. The van der Waals surface area contributed by atoms with E-state index in [1.54, 1.807) is 37.3 Å². The van der Waals surface area contributed by atoms with E-state index < -0.39 is 0 Å². The number of imidazole rings is 1. The Kier molecular flexibility index (Phi) is 3.62. The molecule has 9 nitrogen and oxygen atoms in total. The van der Waals surface area contributed by atoms with Crippen LogP contribution in [0.2, 0.25) is 0 Å². The van der Waals surface area contributed by atoms with Crippen molar-refractivity contribution < 1.29 is 14.3 Å². The zero-order valence-electron chi connectivity index (χ0n) is 16.1. The lowest BCUT2D eigenvalue weighted by molar-refractivity contribution is 0.0154. The lowest BCUT2D eigenvalue weighted by atomic mass is 9.62. The molecule has 3 fully saturated rings. The van der Waals surface area contributed by atoms with Crippen LogP contribution < -0.4 is 5.32 Å². The summed E-state index contributed by atoms with van der Waals surface area (Å²) in [5.74, 6) is 0.762. The van der Waals surface area contributed by atoms with E-state index in [4.69, 9.17) is 14.5 Å². The summed E-state index contributed by atoms with van der Waals surface area (Å²) in [6, 6.07) is 1.74. The van der Waals surface area contributed by atoms with Crippen molar-refractivity contribution in [1.82, 2.24) is 24.1 Å². The fraction of sp³-hybridized carbons (Fsp3) is 0.474. The van der Waals surface area contributed by atoms with E-state index in [2.05, 4.69) is 22.3 Å². The molecule has 1 aliphatic carbocycles. The van der Waals surface area contributed by atoms with Crippen LogP contribution in [0, 0.1) is 0 Å². The first-order valence-corrected chi connectivity index (χ1v) is 9.23. The molecular weight excluding hydrogens is 360 g/mol. The first-order valence-electron chi connectivity index (χ1n) is 9.23. The van der Waals surface area contributed by atoms with Gasteiger partial charge in [-0.05, 0) is 19.8 Å². The minimum atomic E-state index is -0.283. The van der Waals surface area contributed by atoms with Crippen molar-refractivity contribution in [2.75, 3.05) is 19.0 Å². The minimum Gasteiger partial charge on any atom is -0.378 e. The number of hydrogen-bond acceptors (Lipinski definition) is 6. The predicted octanol–water partition coefficient (Wildman–Crippen LogP) is 1.68. The molecule has 1 saturated carbocycles. The van der Waals surface area contributed by atoms with Gasteiger partial charge in [0.25, 0.3) is 5.91 Å². The van der Waals surface area contributed by atoms with E-state index in [-0.39, 0.29) is 23.5 Å². The molecule has 28 heavy (non-hydrogen) atoms. The monoisotopic (exact) mass is 382 g/mol. The standard InChI is InChI=1S/C19H22N6O3/c1-18-9-19(10-18,11-28-18)14-7-25-6-12(13(8-27-3)20-17(25)21-14)16(26)22-15-4-5-24(2)23-15/h4-7H,8-11H2,1-3H3,(H,22,23,26). The number of ether oxygens (including phenoxy) is 2. The fourth-order valence-electron chi connectivity index (χ4n) is 4.46. The molecule has 2 bridgehead atoms. The van der Waals surface area contributed by atoms with E-state index in [1.807, 2.05) is 10.6 Å². The molecule has 9 heteroatoms. The molecule has 0 radical (unpaired) electrons. The first kappa shape index (κ1) is 17.3. The number of amides is 1. The van der Waals surface area contributed by atoms with Crippen molar-refractivity contribution in [3.63, 3.8) is 0 Å². The lowest BCUT2D eigenvalue weighted by Gasteiger charge is -2.41. The third-order valence-corrected chi connectivity index (χ3v) is 5.67. The molecule has 1 N–H and O–H groups in total. The van der Waals surface area contributed by atoms with Crippen LogP contribution in [0.25, 0.3) is 5.78 Å². The van der Waals surface area contributed by atoms with E-state index in [0.717, 1.165) is 18.5 Å². The Labute approximate surface area is 161 Å². The second kappa shape index (κ2) is 5.86. The third-order valence-electron chi connectivity index (χ3n) is 5.67. The number of anilines is 1. The molecule has 0 atom stereocenters. The quantitative estimate of drug-likeness (QED) is 0.721. The Hall–Kier alpha value is -2.78. The maximum absolute atomic E-state index is 12.8. The average Bonchev–Trinajstić information content (AvgIpc) is 3.36. The Balaban J connectivity index is 1.51. The van der Waals surface area contributed by atoms with Gasteiger partial charge in [-0.2, -0.15) is 5.10 Å². The summed E-state index contributed by atoms with van der Waals surface area (Å²) in [5.41, 5.74) is 1.90. The van der Waals surface area contributed by atoms with Gasteiger partial charge < -0.3 is 14.8 Å². The molecule has 6 rings (SSSR count). The van der Waals surface area contributed by atoms with Crippen molar-refractivity contribution in [3.05, 3.63) is 41.6 Å². The summed E-state index contributed by atoms with van der Waals surface area (Å²) in [6.07, 6.45) is 7.44. The highest BCUT2D eigenvalue weighted by molar-refractivity contribution is 6.04.